The first-order chi connectivity index (χ1) is 16.1. The molecule has 2 unspecified atom stereocenters. The largest absolute Gasteiger partial charge is 0.493 e. The molecule has 3 heterocycles. The van der Waals surface area contributed by atoms with E-state index in [1.165, 1.54) is 0 Å². The minimum Gasteiger partial charge on any atom is -0.493 e. The molecular weight excluding hydrogens is 418 g/mol. The first-order valence-corrected chi connectivity index (χ1v) is 10.9. The normalized spacial score (nSPS) is 18.6. The molecule has 2 aromatic carbocycles. The van der Waals surface area contributed by atoms with Crippen molar-refractivity contribution in [2.24, 2.45) is 0 Å². The summed E-state index contributed by atoms with van der Waals surface area (Å²) in [6, 6.07) is 16.4. The monoisotopic (exact) mass is 443 g/mol. The van der Waals surface area contributed by atoms with E-state index >= 15 is 0 Å². The van der Waals surface area contributed by atoms with Crippen LogP contribution in [0.3, 0.4) is 0 Å². The van der Waals surface area contributed by atoms with Crippen molar-refractivity contribution in [2.45, 2.75) is 24.9 Å². The predicted molar refractivity (Wildman–Crippen MR) is 122 cm³/mol. The topological polar surface area (TPSA) is 80.8 Å². The smallest absolute Gasteiger partial charge is 0.254 e. The van der Waals surface area contributed by atoms with E-state index in [0.717, 1.165) is 22.4 Å². The highest BCUT2D eigenvalue weighted by Gasteiger charge is 2.46. The SMILES string of the molecule is COc1cc2c(cc1OC)C1C(C(=O)NCc3ccccn3)c3ccccc3C(=O)N1CC2. The van der Waals surface area contributed by atoms with Crippen LogP contribution in [-0.2, 0) is 17.8 Å². The van der Waals surface area contributed by atoms with E-state index in [0.29, 0.717) is 36.6 Å². The van der Waals surface area contributed by atoms with Crippen molar-refractivity contribution < 1.29 is 19.1 Å². The van der Waals surface area contributed by atoms with E-state index in [9.17, 15) is 9.59 Å². The van der Waals surface area contributed by atoms with Gasteiger partial charge in [0.25, 0.3) is 5.91 Å². The second kappa shape index (κ2) is 8.58. The van der Waals surface area contributed by atoms with Crippen molar-refractivity contribution in [1.29, 1.82) is 0 Å². The quantitative estimate of drug-likeness (QED) is 0.655. The summed E-state index contributed by atoms with van der Waals surface area (Å²) in [5.74, 6) is 0.475. The van der Waals surface area contributed by atoms with Crippen LogP contribution in [0.1, 0.15) is 44.7 Å². The van der Waals surface area contributed by atoms with Gasteiger partial charge in [0.1, 0.15) is 0 Å². The fourth-order valence-electron chi connectivity index (χ4n) is 4.93. The number of pyridine rings is 1. The predicted octanol–water partition coefficient (Wildman–Crippen LogP) is 3.25. The Morgan fingerprint density at radius 2 is 1.82 bits per heavy atom. The lowest BCUT2D eigenvalue weighted by Gasteiger charge is -2.45. The van der Waals surface area contributed by atoms with E-state index in [1.807, 2.05) is 53.4 Å². The number of aromatic nitrogens is 1. The third-order valence-electron chi connectivity index (χ3n) is 6.48. The number of nitrogens with one attached hydrogen (secondary N) is 1. The van der Waals surface area contributed by atoms with Gasteiger partial charge in [-0.1, -0.05) is 24.3 Å². The van der Waals surface area contributed by atoms with Crippen LogP contribution < -0.4 is 14.8 Å². The maximum Gasteiger partial charge on any atom is 0.254 e. The molecule has 0 bridgehead atoms. The van der Waals surface area contributed by atoms with Gasteiger partial charge in [0.05, 0.1) is 38.4 Å². The molecule has 2 amide bonds. The minimum absolute atomic E-state index is 0.0511. The molecule has 3 aromatic rings. The molecule has 5 rings (SSSR count). The Balaban J connectivity index is 1.59. The van der Waals surface area contributed by atoms with Gasteiger partial charge in [-0.15, -0.1) is 0 Å². The maximum atomic E-state index is 13.7. The van der Waals surface area contributed by atoms with Gasteiger partial charge in [-0.2, -0.15) is 0 Å². The molecule has 7 nitrogen and oxygen atoms in total. The second-order valence-electron chi connectivity index (χ2n) is 8.20. The molecule has 0 spiro atoms. The molecular formula is C26H25N3O4. The van der Waals surface area contributed by atoms with E-state index < -0.39 is 12.0 Å². The molecule has 2 aliphatic heterocycles. The first kappa shape index (κ1) is 21.0. The fourth-order valence-corrected chi connectivity index (χ4v) is 4.93. The van der Waals surface area contributed by atoms with Crippen LogP contribution in [0, 0.1) is 0 Å². The lowest BCUT2D eigenvalue weighted by molar-refractivity contribution is -0.124. The van der Waals surface area contributed by atoms with Gasteiger partial charge in [0, 0.05) is 18.3 Å². The molecule has 7 heteroatoms. The molecule has 0 saturated carbocycles. The number of carbonyl (C=O) groups is 2. The summed E-state index contributed by atoms with van der Waals surface area (Å²) in [5.41, 5.74) is 4.07. The van der Waals surface area contributed by atoms with Gasteiger partial charge < -0.3 is 19.7 Å². The van der Waals surface area contributed by atoms with Crippen molar-refractivity contribution in [3.8, 4) is 11.5 Å². The van der Waals surface area contributed by atoms with Gasteiger partial charge in [-0.25, -0.2) is 0 Å². The van der Waals surface area contributed by atoms with E-state index in [-0.39, 0.29) is 11.8 Å². The van der Waals surface area contributed by atoms with Crippen LogP contribution in [0.4, 0.5) is 0 Å². The van der Waals surface area contributed by atoms with Gasteiger partial charge >= 0.3 is 0 Å². The lowest BCUT2D eigenvalue weighted by Crippen LogP contribution is -2.50. The number of nitrogens with zero attached hydrogens (tertiary/aromatic N) is 2. The summed E-state index contributed by atoms with van der Waals surface area (Å²) in [5, 5.41) is 3.04. The number of amides is 2. The number of hydrogen-bond acceptors (Lipinski definition) is 5. The molecule has 0 fully saturated rings. The molecule has 1 N–H and O–H groups in total. The van der Waals surface area contributed by atoms with E-state index in [2.05, 4.69) is 10.3 Å². The number of ether oxygens (including phenoxy) is 2. The van der Waals surface area contributed by atoms with E-state index in [4.69, 9.17) is 9.47 Å². The molecule has 1 aromatic heterocycles. The number of fused-ring (bicyclic) bond motifs is 4. The lowest BCUT2D eigenvalue weighted by atomic mass is 9.75. The Hall–Kier alpha value is -3.87. The minimum atomic E-state index is -0.556. The Morgan fingerprint density at radius 3 is 2.58 bits per heavy atom. The van der Waals surface area contributed by atoms with Crippen LogP contribution in [0.25, 0.3) is 0 Å². The average molecular weight is 444 g/mol. The summed E-state index contributed by atoms with van der Waals surface area (Å²) < 4.78 is 11.0. The summed E-state index contributed by atoms with van der Waals surface area (Å²) in [6.45, 7) is 0.849. The Kier molecular flexibility index (Phi) is 5.46. The number of hydrogen-bond donors (Lipinski definition) is 1. The van der Waals surface area contributed by atoms with Crippen LogP contribution in [0.2, 0.25) is 0 Å². The highest BCUT2D eigenvalue weighted by atomic mass is 16.5. The van der Waals surface area contributed by atoms with Gasteiger partial charge in [-0.3, -0.25) is 14.6 Å². The highest BCUT2D eigenvalue weighted by molar-refractivity contribution is 6.01. The second-order valence-corrected chi connectivity index (χ2v) is 8.20. The standard InChI is InChI=1S/C26H25N3O4/c1-32-21-13-16-10-12-29-24(20(16)14-22(21)33-2)23(18-8-3-4-9-19(18)26(29)31)25(30)28-15-17-7-5-6-11-27-17/h3-9,11,13-14,23-24H,10,12,15H2,1-2H3,(H,28,30). The zero-order valence-corrected chi connectivity index (χ0v) is 18.6. The van der Waals surface area contributed by atoms with Crippen LogP contribution in [0.5, 0.6) is 11.5 Å². The highest BCUT2D eigenvalue weighted by Crippen LogP contribution is 2.48. The number of carbonyl (C=O) groups excluding carboxylic acids is 2. The Labute approximate surface area is 192 Å². The first-order valence-electron chi connectivity index (χ1n) is 10.9. The zero-order chi connectivity index (χ0) is 22.9. The van der Waals surface area contributed by atoms with Gasteiger partial charge in [0.15, 0.2) is 11.5 Å². The number of methoxy groups -OCH3 is 2. The summed E-state index contributed by atoms with van der Waals surface area (Å²) >= 11 is 0. The zero-order valence-electron chi connectivity index (χ0n) is 18.6. The van der Waals surface area contributed by atoms with Crippen molar-refractivity contribution in [1.82, 2.24) is 15.2 Å². The summed E-state index contributed by atoms with van der Waals surface area (Å²) in [4.78, 5) is 33.2. The van der Waals surface area contributed by atoms with Crippen LogP contribution in [0.15, 0.2) is 60.8 Å². The van der Waals surface area contributed by atoms with Crippen LogP contribution >= 0.6 is 0 Å². The fraction of sp³-hybridized carbons (Fsp3) is 0.269. The molecule has 0 saturated heterocycles. The van der Waals surface area contributed by atoms with Crippen molar-refractivity contribution in [3.05, 3.63) is 88.7 Å². The summed E-state index contributed by atoms with van der Waals surface area (Å²) in [7, 11) is 3.19. The average Bonchev–Trinajstić information content (AvgIpc) is 2.87. The molecule has 168 valence electrons. The number of benzene rings is 2. The molecule has 0 radical (unpaired) electrons. The van der Waals surface area contributed by atoms with Crippen molar-refractivity contribution in [2.75, 3.05) is 20.8 Å². The molecule has 2 aliphatic rings. The van der Waals surface area contributed by atoms with Gasteiger partial charge in [-0.05, 0) is 53.4 Å². The van der Waals surface area contributed by atoms with E-state index in [1.54, 1.807) is 26.5 Å². The van der Waals surface area contributed by atoms with Gasteiger partial charge in [0.2, 0.25) is 5.91 Å². The molecule has 2 atom stereocenters. The molecule has 0 aliphatic carbocycles. The number of rotatable bonds is 5. The van der Waals surface area contributed by atoms with Crippen molar-refractivity contribution in [3.63, 3.8) is 0 Å². The van der Waals surface area contributed by atoms with Crippen molar-refractivity contribution >= 4 is 11.8 Å². The third kappa shape index (κ3) is 3.59. The molecule has 33 heavy (non-hydrogen) atoms. The Morgan fingerprint density at radius 1 is 1.06 bits per heavy atom. The third-order valence-corrected chi connectivity index (χ3v) is 6.48. The van der Waals surface area contributed by atoms with Crippen LogP contribution in [-0.4, -0.2) is 42.5 Å². The Bertz CT molecular complexity index is 1210. The summed E-state index contributed by atoms with van der Waals surface area (Å²) in [6.07, 6.45) is 2.39. The maximum absolute atomic E-state index is 13.7.